The lowest BCUT2D eigenvalue weighted by Crippen LogP contribution is -2.47. The largest absolute Gasteiger partial charge is 0.377 e. The Morgan fingerprint density at radius 1 is 1.21 bits per heavy atom. The molecular weight excluding hydrogens is 290 g/mol. The molecule has 3 fully saturated rings. The van der Waals surface area contributed by atoms with Crippen molar-refractivity contribution in [2.24, 2.45) is 10.6 Å². The minimum absolute atomic E-state index is 0.202. The van der Waals surface area contributed by atoms with Crippen molar-refractivity contribution in [3.63, 3.8) is 0 Å². The van der Waals surface area contributed by atoms with Crippen LogP contribution in [0.15, 0.2) is 0 Å². The lowest BCUT2D eigenvalue weighted by molar-refractivity contribution is 0.0556. The molecule has 8 heteroatoms. The lowest BCUT2D eigenvalue weighted by Gasteiger charge is -2.40. The van der Waals surface area contributed by atoms with Crippen LogP contribution in [-0.2, 0) is 24.6 Å². The molecule has 110 valence electrons. The van der Waals surface area contributed by atoms with Gasteiger partial charge in [-0.2, -0.15) is 0 Å². The highest BCUT2D eigenvalue weighted by molar-refractivity contribution is 7.93. The SMILES string of the molecule is NS(=O)(=O)CC1OCCC12CC1CCC(C2)S1(=O)=O. The van der Waals surface area contributed by atoms with Crippen molar-refractivity contribution in [1.29, 1.82) is 0 Å². The quantitative estimate of drug-likeness (QED) is 0.760. The third kappa shape index (κ3) is 2.22. The minimum atomic E-state index is -3.60. The molecule has 3 aliphatic rings. The van der Waals surface area contributed by atoms with Gasteiger partial charge >= 0.3 is 0 Å². The third-order valence-corrected chi connectivity index (χ3v) is 8.42. The van der Waals surface area contributed by atoms with Crippen LogP contribution < -0.4 is 5.14 Å². The summed E-state index contributed by atoms with van der Waals surface area (Å²) in [6, 6.07) is 0. The molecule has 0 aromatic rings. The highest BCUT2D eigenvalue weighted by Gasteiger charge is 2.58. The second kappa shape index (κ2) is 4.16. The van der Waals surface area contributed by atoms with Crippen LogP contribution in [0, 0.1) is 5.41 Å². The van der Waals surface area contributed by atoms with Gasteiger partial charge in [-0.1, -0.05) is 0 Å². The molecule has 0 radical (unpaired) electrons. The smallest absolute Gasteiger partial charge is 0.211 e. The molecule has 3 aliphatic heterocycles. The second-order valence-electron chi connectivity index (χ2n) is 6.12. The Kier molecular flexibility index (Phi) is 3.02. The molecule has 0 aromatic carbocycles. The van der Waals surface area contributed by atoms with Crippen LogP contribution in [-0.4, -0.2) is 45.8 Å². The molecule has 0 aromatic heterocycles. The van der Waals surface area contributed by atoms with E-state index < -0.39 is 26.0 Å². The van der Waals surface area contributed by atoms with Gasteiger partial charge in [0.15, 0.2) is 9.84 Å². The summed E-state index contributed by atoms with van der Waals surface area (Å²) in [5.74, 6) is -0.202. The molecule has 19 heavy (non-hydrogen) atoms. The van der Waals surface area contributed by atoms with Crippen molar-refractivity contribution in [3.05, 3.63) is 0 Å². The minimum Gasteiger partial charge on any atom is -0.377 e. The topological polar surface area (TPSA) is 104 Å². The van der Waals surface area contributed by atoms with E-state index in [9.17, 15) is 16.8 Å². The summed E-state index contributed by atoms with van der Waals surface area (Å²) < 4.78 is 52.4. The number of sulfone groups is 1. The molecule has 3 unspecified atom stereocenters. The molecule has 3 heterocycles. The Balaban J connectivity index is 1.89. The summed E-state index contributed by atoms with van der Waals surface area (Å²) in [5, 5.41) is 4.50. The van der Waals surface area contributed by atoms with Crippen molar-refractivity contribution < 1.29 is 21.6 Å². The second-order valence-corrected chi connectivity index (χ2v) is 10.3. The number of ether oxygens (including phenoxy) is 1. The van der Waals surface area contributed by atoms with E-state index >= 15 is 0 Å². The van der Waals surface area contributed by atoms with Gasteiger partial charge < -0.3 is 4.74 Å². The van der Waals surface area contributed by atoms with Gasteiger partial charge in [0.25, 0.3) is 0 Å². The number of hydrogen-bond donors (Lipinski definition) is 1. The summed E-state index contributed by atoms with van der Waals surface area (Å²) in [6.07, 6.45) is 2.78. The molecule has 3 saturated heterocycles. The molecule has 3 rings (SSSR count). The molecule has 3 atom stereocenters. The number of fused-ring (bicyclic) bond motifs is 2. The Hall–Kier alpha value is -0.180. The summed E-state index contributed by atoms with van der Waals surface area (Å²) in [6.45, 7) is 0.500. The van der Waals surface area contributed by atoms with E-state index in [1.807, 2.05) is 0 Å². The first kappa shape index (κ1) is 13.8. The van der Waals surface area contributed by atoms with Gasteiger partial charge in [0, 0.05) is 12.0 Å². The zero-order valence-electron chi connectivity index (χ0n) is 10.6. The van der Waals surface area contributed by atoms with Crippen LogP contribution in [0.4, 0.5) is 0 Å². The van der Waals surface area contributed by atoms with Crippen molar-refractivity contribution in [2.45, 2.75) is 48.7 Å². The summed E-state index contributed by atoms with van der Waals surface area (Å²) in [7, 11) is -6.60. The number of nitrogens with two attached hydrogens (primary N) is 1. The van der Waals surface area contributed by atoms with Gasteiger partial charge in [-0.25, -0.2) is 22.0 Å². The molecule has 0 aliphatic carbocycles. The van der Waals surface area contributed by atoms with Crippen LogP contribution in [0.3, 0.4) is 0 Å². The van der Waals surface area contributed by atoms with E-state index in [4.69, 9.17) is 9.88 Å². The van der Waals surface area contributed by atoms with Gasteiger partial charge in [-0.15, -0.1) is 0 Å². The predicted molar refractivity (Wildman–Crippen MR) is 69.7 cm³/mol. The first-order valence-electron chi connectivity index (χ1n) is 6.58. The van der Waals surface area contributed by atoms with Crippen LogP contribution in [0.25, 0.3) is 0 Å². The van der Waals surface area contributed by atoms with Gasteiger partial charge in [-0.05, 0) is 32.1 Å². The zero-order valence-corrected chi connectivity index (χ0v) is 12.2. The monoisotopic (exact) mass is 309 g/mol. The number of hydrogen-bond acceptors (Lipinski definition) is 5. The predicted octanol–water partition coefficient (Wildman–Crippen LogP) is -0.210. The summed E-state index contributed by atoms with van der Waals surface area (Å²) in [4.78, 5) is 0. The van der Waals surface area contributed by atoms with Gasteiger partial charge in [0.05, 0.1) is 22.4 Å². The first-order valence-corrected chi connectivity index (χ1v) is 9.90. The molecule has 2 bridgehead atoms. The van der Waals surface area contributed by atoms with Crippen molar-refractivity contribution >= 4 is 19.9 Å². The van der Waals surface area contributed by atoms with E-state index in [1.54, 1.807) is 0 Å². The van der Waals surface area contributed by atoms with Crippen LogP contribution in [0.1, 0.15) is 32.1 Å². The summed E-state index contributed by atoms with van der Waals surface area (Å²) in [5.41, 5.74) is -0.302. The maximum absolute atomic E-state index is 12.1. The van der Waals surface area contributed by atoms with Crippen LogP contribution >= 0.6 is 0 Å². The standard InChI is InChI=1S/C11H19NO5S2/c12-18(13,14)7-10-11(3-4-17-10)5-8-1-2-9(6-11)19(8,15)16/h8-10H,1-7H2,(H2,12,13,14). The molecule has 2 N–H and O–H groups in total. The Morgan fingerprint density at radius 3 is 2.32 bits per heavy atom. The number of rotatable bonds is 2. The molecule has 1 spiro atoms. The van der Waals surface area contributed by atoms with E-state index in [-0.39, 0.29) is 21.7 Å². The average molecular weight is 309 g/mol. The summed E-state index contributed by atoms with van der Waals surface area (Å²) >= 11 is 0. The fourth-order valence-corrected chi connectivity index (χ4v) is 7.52. The lowest BCUT2D eigenvalue weighted by atomic mass is 9.74. The van der Waals surface area contributed by atoms with E-state index in [0.29, 0.717) is 32.3 Å². The highest BCUT2D eigenvalue weighted by atomic mass is 32.2. The van der Waals surface area contributed by atoms with Crippen molar-refractivity contribution in [2.75, 3.05) is 12.4 Å². The highest BCUT2D eigenvalue weighted by Crippen LogP contribution is 2.54. The molecule has 0 amide bonds. The van der Waals surface area contributed by atoms with E-state index in [0.717, 1.165) is 6.42 Å². The van der Waals surface area contributed by atoms with Gasteiger partial charge in [-0.3, -0.25) is 0 Å². The van der Waals surface area contributed by atoms with Crippen LogP contribution in [0.5, 0.6) is 0 Å². The number of primary sulfonamides is 1. The fourth-order valence-electron chi connectivity index (χ4n) is 4.04. The molecular formula is C11H19NO5S2. The Labute approximate surface area is 113 Å². The van der Waals surface area contributed by atoms with Gasteiger partial charge in [0.1, 0.15) is 0 Å². The maximum atomic E-state index is 12.1. The van der Waals surface area contributed by atoms with Gasteiger partial charge in [0.2, 0.25) is 10.0 Å². The third-order valence-electron chi connectivity index (χ3n) is 4.99. The normalized spacial score (nSPS) is 44.8. The molecule has 6 nitrogen and oxygen atoms in total. The van der Waals surface area contributed by atoms with E-state index in [2.05, 4.69) is 0 Å². The van der Waals surface area contributed by atoms with Crippen molar-refractivity contribution in [3.8, 4) is 0 Å². The van der Waals surface area contributed by atoms with Crippen molar-refractivity contribution in [1.82, 2.24) is 0 Å². The van der Waals surface area contributed by atoms with Crippen LogP contribution in [0.2, 0.25) is 0 Å². The first-order chi connectivity index (χ1) is 8.73. The fraction of sp³-hybridized carbons (Fsp3) is 1.00. The Morgan fingerprint density at radius 2 is 1.79 bits per heavy atom. The zero-order chi connectivity index (χ0) is 13.9. The average Bonchev–Trinajstić information content (AvgIpc) is 2.66. The number of sulfonamides is 1. The maximum Gasteiger partial charge on any atom is 0.211 e. The molecule has 0 saturated carbocycles. The van der Waals surface area contributed by atoms with E-state index in [1.165, 1.54) is 0 Å². The Bertz CT molecular complexity index is 562.